The molecule has 2 bridgehead atoms. The molecule has 4 atom stereocenters. The zero-order valence-corrected chi connectivity index (χ0v) is 19.3. The van der Waals surface area contributed by atoms with Gasteiger partial charge in [-0.3, -0.25) is 9.69 Å². The number of amides is 1. The largest absolute Gasteiger partial charge is 0.336 e. The number of likely N-dealkylation sites (tertiary alicyclic amines) is 1. The Morgan fingerprint density at radius 3 is 3.00 bits per heavy atom. The van der Waals surface area contributed by atoms with Crippen LogP contribution >= 0.6 is 0 Å². The number of hydrogen-bond acceptors (Lipinski definition) is 5. The molecular formula is C25H34N6O. The quantitative estimate of drug-likeness (QED) is 0.695. The van der Waals surface area contributed by atoms with Gasteiger partial charge in [0, 0.05) is 36.9 Å². The summed E-state index contributed by atoms with van der Waals surface area (Å²) in [6.07, 6.45) is 13.0. The summed E-state index contributed by atoms with van der Waals surface area (Å²) in [5.41, 5.74) is 4.69. The van der Waals surface area contributed by atoms with Crippen LogP contribution in [0.25, 0.3) is 5.78 Å². The van der Waals surface area contributed by atoms with Crippen molar-refractivity contribution in [2.45, 2.75) is 77.3 Å². The van der Waals surface area contributed by atoms with Crippen molar-refractivity contribution in [3.63, 3.8) is 0 Å². The van der Waals surface area contributed by atoms with Crippen molar-refractivity contribution in [2.75, 3.05) is 19.6 Å². The first-order chi connectivity index (χ1) is 15.6. The molecule has 1 amide bonds. The third-order valence-corrected chi connectivity index (χ3v) is 8.56. The second kappa shape index (κ2) is 7.94. The fourth-order valence-corrected chi connectivity index (χ4v) is 7.15. The first kappa shape index (κ1) is 20.3. The van der Waals surface area contributed by atoms with Crippen LogP contribution < -0.4 is 0 Å². The van der Waals surface area contributed by atoms with E-state index in [2.05, 4.69) is 37.9 Å². The average molecular weight is 435 g/mol. The summed E-state index contributed by atoms with van der Waals surface area (Å²) in [7, 11) is 0. The highest BCUT2D eigenvalue weighted by Crippen LogP contribution is 2.45. The molecule has 7 heteroatoms. The summed E-state index contributed by atoms with van der Waals surface area (Å²) < 4.78 is 1.78. The van der Waals surface area contributed by atoms with Gasteiger partial charge >= 0.3 is 0 Å². The summed E-state index contributed by atoms with van der Waals surface area (Å²) in [4.78, 5) is 27.3. The summed E-state index contributed by atoms with van der Waals surface area (Å²) >= 11 is 0. The Morgan fingerprint density at radius 1 is 1.19 bits per heavy atom. The molecule has 0 aromatic carbocycles. The van der Waals surface area contributed by atoms with E-state index in [1.54, 1.807) is 16.4 Å². The van der Waals surface area contributed by atoms with E-state index in [0.717, 1.165) is 36.0 Å². The number of nitrogens with zero attached hydrogens (tertiary/aromatic N) is 6. The molecule has 3 fully saturated rings. The number of aryl methyl sites for hydroxylation is 2. The van der Waals surface area contributed by atoms with Crippen LogP contribution in [0.2, 0.25) is 0 Å². The molecule has 2 aromatic heterocycles. The number of piperidine rings is 3. The zero-order valence-electron chi connectivity index (χ0n) is 19.3. The van der Waals surface area contributed by atoms with Crippen LogP contribution in [0.15, 0.2) is 18.0 Å². The number of carbonyl (C=O) groups excluding carboxylic acids is 1. The van der Waals surface area contributed by atoms with Crippen molar-refractivity contribution >= 4 is 11.7 Å². The Bertz CT molecular complexity index is 1070. The van der Waals surface area contributed by atoms with E-state index in [4.69, 9.17) is 0 Å². The van der Waals surface area contributed by atoms with Gasteiger partial charge in [-0.1, -0.05) is 18.1 Å². The summed E-state index contributed by atoms with van der Waals surface area (Å²) in [6.45, 7) is 7.40. The third-order valence-electron chi connectivity index (χ3n) is 8.56. The predicted molar refractivity (Wildman–Crippen MR) is 122 cm³/mol. The molecule has 0 unspecified atom stereocenters. The maximum Gasteiger partial charge on any atom is 0.252 e. The normalized spacial score (nSPS) is 30.1. The van der Waals surface area contributed by atoms with E-state index >= 15 is 0 Å². The fourth-order valence-electron chi connectivity index (χ4n) is 7.15. The molecular weight excluding hydrogens is 400 g/mol. The van der Waals surface area contributed by atoms with Crippen molar-refractivity contribution in [3.05, 3.63) is 34.9 Å². The molecule has 1 aliphatic carbocycles. The van der Waals surface area contributed by atoms with Crippen LogP contribution in [-0.4, -0.2) is 67.0 Å². The monoisotopic (exact) mass is 434 g/mol. The minimum Gasteiger partial charge on any atom is -0.336 e. The maximum absolute atomic E-state index is 13.5. The molecule has 6 rings (SSSR count). The minimum absolute atomic E-state index is 0.303. The molecule has 3 saturated heterocycles. The molecule has 3 aliphatic heterocycles. The van der Waals surface area contributed by atoms with Gasteiger partial charge in [0.05, 0.1) is 6.04 Å². The third kappa shape index (κ3) is 3.28. The van der Waals surface area contributed by atoms with Gasteiger partial charge in [0.1, 0.15) is 6.33 Å². The lowest BCUT2D eigenvalue weighted by Crippen LogP contribution is -2.60. The second-order valence-corrected chi connectivity index (χ2v) is 10.3. The van der Waals surface area contributed by atoms with Crippen LogP contribution in [0.5, 0.6) is 0 Å². The van der Waals surface area contributed by atoms with Gasteiger partial charge in [-0.05, 0) is 76.3 Å². The number of hydrogen-bond donors (Lipinski definition) is 0. The number of aromatic nitrogens is 4. The van der Waals surface area contributed by atoms with E-state index < -0.39 is 0 Å². The summed E-state index contributed by atoms with van der Waals surface area (Å²) in [6, 6.07) is 1.08. The number of fused-ring (bicyclic) bond motifs is 7. The topological polar surface area (TPSA) is 66.6 Å². The first-order valence-electron chi connectivity index (χ1n) is 12.5. The Hall–Kier alpha value is -2.28. The summed E-state index contributed by atoms with van der Waals surface area (Å²) in [5, 5.41) is 4.29. The molecule has 0 spiro atoms. The minimum atomic E-state index is 0.303. The van der Waals surface area contributed by atoms with Gasteiger partial charge < -0.3 is 4.90 Å². The van der Waals surface area contributed by atoms with Crippen LogP contribution in [0, 0.1) is 25.7 Å². The molecule has 0 saturated carbocycles. The van der Waals surface area contributed by atoms with E-state index in [-0.39, 0.29) is 0 Å². The molecule has 0 N–H and O–H groups in total. The Kier molecular flexibility index (Phi) is 5.05. The fraction of sp³-hybridized carbons (Fsp3) is 0.680. The first-order valence-corrected chi connectivity index (χ1v) is 12.5. The number of rotatable bonds is 3. The summed E-state index contributed by atoms with van der Waals surface area (Å²) in [5.74, 6) is 2.25. The van der Waals surface area contributed by atoms with Crippen molar-refractivity contribution in [2.24, 2.45) is 11.8 Å². The van der Waals surface area contributed by atoms with Crippen molar-refractivity contribution in [1.29, 1.82) is 0 Å². The Balaban J connectivity index is 1.21. The van der Waals surface area contributed by atoms with E-state index in [0.29, 0.717) is 42.4 Å². The van der Waals surface area contributed by atoms with Gasteiger partial charge in [-0.25, -0.2) is 9.50 Å². The van der Waals surface area contributed by atoms with E-state index in [1.165, 1.54) is 45.2 Å². The highest BCUT2D eigenvalue weighted by Gasteiger charge is 2.46. The SMILES string of the molecule is Cc1nc2ncnn2c(C)c1CCC(=O)N1CCCC2=C[C@@H]3C[C@H](CN4CCCC[C@@H]34)[C@H]21. The highest BCUT2D eigenvalue weighted by atomic mass is 16.2. The van der Waals surface area contributed by atoms with E-state index in [1.807, 2.05) is 6.92 Å². The van der Waals surface area contributed by atoms with Gasteiger partial charge in [0.25, 0.3) is 5.78 Å². The standard InChI is InChI=1S/C25H34N6O/c1-16-21(17(2)31-25(28-16)26-15-27-31)8-9-23(32)30-11-5-6-18-12-19-13-20(24(18)30)14-29-10-4-3-7-22(19)29/h12,15,19-20,22,24H,3-11,13-14H2,1-2H3/t19-,20-,22+,24+/m1/s1. The van der Waals surface area contributed by atoms with Gasteiger partial charge in [0.15, 0.2) is 0 Å². The second-order valence-electron chi connectivity index (χ2n) is 10.3. The molecule has 5 heterocycles. The maximum atomic E-state index is 13.5. The molecule has 170 valence electrons. The molecule has 0 radical (unpaired) electrons. The van der Waals surface area contributed by atoms with Gasteiger partial charge in [-0.2, -0.15) is 10.1 Å². The van der Waals surface area contributed by atoms with Gasteiger partial charge in [0.2, 0.25) is 5.91 Å². The molecule has 2 aromatic rings. The lowest BCUT2D eigenvalue weighted by molar-refractivity contribution is -0.136. The smallest absolute Gasteiger partial charge is 0.252 e. The van der Waals surface area contributed by atoms with Crippen molar-refractivity contribution < 1.29 is 4.79 Å². The highest BCUT2D eigenvalue weighted by molar-refractivity contribution is 5.77. The Labute approximate surface area is 189 Å². The average Bonchev–Trinajstić information content (AvgIpc) is 3.27. The lowest BCUT2D eigenvalue weighted by atomic mass is 9.68. The van der Waals surface area contributed by atoms with Crippen LogP contribution in [0.4, 0.5) is 0 Å². The van der Waals surface area contributed by atoms with Crippen LogP contribution in [0.3, 0.4) is 0 Å². The van der Waals surface area contributed by atoms with Crippen LogP contribution in [0.1, 0.15) is 61.9 Å². The predicted octanol–water partition coefficient (Wildman–Crippen LogP) is 3.10. The van der Waals surface area contributed by atoms with Crippen molar-refractivity contribution in [1.82, 2.24) is 29.4 Å². The lowest BCUT2D eigenvalue weighted by Gasteiger charge is -2.54. The van der Waals surface area contributed by atoms with E-state index in [9.17, 15) is 4.79 Å². The zero-order chi connectivity index (χ0) is 21.8. The number of carbonyl (C=O) groups is 1. The Morgan fingerprint density at radius 2 is 2.09 bits per heavy atom. The van der Waals surface area contributed by atoms with Crippen LogP contribution in [-0.2, 0) is 11.2 Å². The van der Waals surface area contributed by atoms with Crippen molar-refractivity contribution in [3.8, 4) is 0 Å². The van der Waals surface area contributed by atoms with Gasteiger partial charge in [-0.15, -0.1) is 0 Å². The molecule has 4 aliphatic rings. The molecule has 32 heavy (non-hydrogen) atoms. The molecule has 7 nitrogen and oxygen atoms in total.